The molecule has 4 heteroatoms. The molecule has 104 valence electrons. The van der Waals surface area contributed by atoms with Gasteiger partial charge in [0.05, 0.1) is 16.0 Å². The summed E-state index contributed by atoms with van der Waals surface area (Å²) in [6.45, 7) is 1.82. The first-order valence-corrected chi connectivity index (χ1v) is 7.72. The Morgan fingerprint density at radius 3 is 2.76 bits per heavy atom. The van der Waals surface area contributed by atoms with Gasteiger partial charge < -0.3 is 5.73 Å². The molecule has 2 aromatic heterocycles. The van der Waals surface area contributed by atoms with Gasteiger partial charge in [0.25, 0.3) is 0 Å². The Balaban J connectivity index is 2.19. The second kappa shape index (κ2) is 5.77. The van der Waals surface area contributed by atoms with Crippen LogP contribution in [-0.2, 0) is 6.42 Å². The van der Waals surface area contributed by atoms with Gasteiger partial charge in [-0.1, -0.05) is 47.9 Å². The summed E-state index contributed by atoms with van der Waals surface area (Å²) in [5.74, 6) is 6.12. The third-order valence-corrected chi connectivity index (χ3v) is 4.59. The molecule has 2 nitrogen and oxygen atoms in total. The van der Waals surface area contributed by atoms with Crippen molar-refractivity contribution in [2.24, 2.45) is 0 Å². The zero-order chi connectivity index (χ0) is 14.8. The summed E-state index contributed by atoms with van der Waals surface area (Å²) in [5, 5.41) is 0.406. The number of hydrogen-bond donors (Lipinski definition) is 1. The molecule has 0 aliphatic carbocycles. The van der Waals surface area contributed by atoms with E-state index < -0.39 is 0 Å². The number of pyridine rings is 1. The maximum atomic E-state index is 6.07. The Morgan fingerprint density at radius 2 is 2.05 bits per heavy atom. The fraction of sp³-hybridized carbons (Fsp3) is 0.118. The van der Waals surface area contributed by atoms with E-state index in [0.717, 1.165) is 22.2 Å². The second-order valence-corrected chi connectivity index (χ2v) is 6.14. The largest absolute Gasteiger partial charge is 0.397 e. The molecule has 0 aliphatic heterocycles. The van der Waals surface area contributed by atoms with Crippen molar-refractivity contribution in [3.8, 4) is 11.8 Å². The lowest BCUT2D eigenvalue weighted by Crippen LogP contribution is -1.89. The lowest BCUT2D eigenvalue weighted by Gasteiger charge is -1.99. The predicted octanol–water partition coefficient (Wildman–Crippen LogP) is 4.49. The zero-order valence-corrected chi connectivity index (χ0v) is 13.1. The number of halogens is 1. The normalized spacial score (nSPS) is 10.4. The molecule has 0 fully saturated rings. The van der Waals surface area contributed by atoms with E-state index in [1.54, 1.807) is 17.4 Å². The number of nitrogen functional groups attached to an aromatic ring is 1. The number of fused-ring (bicyclic) bond motifs is 1. The van der Waals surface area contributed by atoms with Gasteiger partial charge in [-0.25, -0.2) is 4.98 Å². The van der Waals surface area contributed by atoms with Crippen LogP contribution in [0.1, 0.15) is 22.9 Å². The minimum Gasteiger partial charge on any atom is -0.397 e. The van der Waals surface area contributed by atoms with E-state index in [4.69, 9.17) is 17.3 Å². The van der Waals surface area contributed by atoms with E-state index >= 15 is 0 Å². The monoisotopic (exact) mass is 312 g/mol. The molecule has 0 bridgehead atoms. The summed E-state index contributed by atoms with van der Waals surface area (Å²) in [5.41, 5.74) is 9.72. The molecule has 2 heterocycles. The quantitative estimate of drug-likeness (QED) is 0.559. The van der Waals surface area contributed by atoms with Gasteiger partial charge in [0.1, 0.15) is 10.7 Å². The molecular formula is C17H13ClN2S. The Hall–Kier alpha value is -2.02. The highest BCUT2D eigenvalue weighted by atomic mass is 35.5. The molecule has 0 atom stereocenters. The number of nitrogens with two attached hydrogens (primary N) is 1. The number of benzene rings is 1. The average molecular weight is 313 g/mol. The van der Waals surface area contributed by atoms with Gasteiger partial charge in [-0.3, -0.25) is 0 Å². The Morgan fingerprint density at radius 1 is 1.29 bits per heavy atom. The van der Waals surface area contributed by atoms with E-state index in [0.29, 0.717) is 10.8 Å². The summed E-state index contributed by atoms with van der Waals surface area (Å²) in [6.07, 6.45) is 0.822. The summed E-state index contributed by atoms with van der Waals surface area (Å²) < 4.78 is 0.961. The van der Waals surface area contributed by atoms with E-state index in [-0.39, 0.29) is 0 Å². The van der Waals surface area contributed by atoms with Crippen molar-refractivity contribution in [3.05, 3.63) is 57.6 Å². The van der Waals surface area contributed by atoms with Crippen LogP contribution in [0.25, 0.3) is 10.2 Å². The summed E-state index contributed by atoms with van der Waals surface area (Å²) in [7, 11) is 0. The first kappa shape index (κ1) is 13.9. The van der Waals surface area contributed by atoms with Crippen molar-refractivity contribution < 1.29 is 0 Å². The second-order valence-electron chi connectivity index (χ2n) is 4.65. The highest BCUT2D eigenvalue weighted by Gasteiger charge is 2.15. The molecule has 0 spiro atoms. The first-order valence-electron chi connectivity index (χ1n) is 6.53. The molecule has 2 N–H and O–H groups in total. The summed E-state index contributed by atoms with van der Waals surface area (Å²) in [4.78, 5) is 5.58. The highest BCUT2D eigenvalue weighted by molar-refractivity contribution is 7.20. The smallest absolute Gasteiger partial charge is 0.131 e. The molecule has 1 aromatic carbocycles. The van der Waals surface area contributed by atoms with Crippen LogP contribution in [0.5, 0.6) is 0 Å². The van der Waals surface area contributed by atoms with Gasteiger partial charge in [-0.15, -0.1) is 17.3 Å². The minimum absolute atomic E-state index is 0.406. The van der Waals surface area contributed by atoms with E-state index in [1.807, 2.05) is 25.1 Å². The number of rotatable bonds is 2. The number of nitrogens with zero attached hydrogens (tertiary/aromatic N) is 1. The number of thiophene rings is 1. The van der Waals surface area contributed by atoms with Crippen LogP contribution < -0.4 is 5.73 Å². The first-order chi connectivity index (χ1) is 10.2. The van der Waals surface area contributed by atoms with Crippen molar-refractivity contribution in [2.45, 2.75) is 13.3 Å². The van der Waals surface area contributed by atoms with Crippen LogP contribution in [0.2, 0.25) is 5.15 Å². The van der Waals surface area contributed by atoms with Gasteiger partial charge in [0, 0.05) is 11.3 Å². The van der Waals surface area contributed by atoms with Crippen LogP contribution in [0.3, 0.4) is 0 Å². The van der Waals surface area contributed by atoms with Gasteiger partial charge in [-0.05, 0) is 18.6 Å². The predicted molar refractivity (Wildman–Crippen MR) is 90.8 cm³/mol. The molecule has 3 rings (SSSR count). The van der Waals surface area contributed by atoms with Crippen molar-refractivity contribution in [2.75, 3.05) is 5.73 Å². The van der Waals surface area contributed by atoms with Crippen molar-refractivity contribution in [1.29, 1.82) is 0 Å². The SMILES string of the molecule is CC#Cc1c(Cc2ccccc2)sc2c(N)cc(Cl)nc12. The molecule has 0 saturated heterocycles. The molecule has 3 aromatic rings. The Bertz CT molecular complexity index is 857. The van der Waals surface area contributed by atoms with E-state index in [1.165, 1.54) is 10.4 Å². The fourth-order valence-corrected chi connectivity index (χ4v) is 3.62. The maximum absolute atomic E-state index is 6.07. The van der Waals surface area contributed by atoms with Crippen LogP contribution in [0.15, 0.2) is 36.4 Å². The molecule has 0 saturated carbocycles. The zero-order valence-electron chi connectivity index (χ0n) is 11.5. The third-order valence-electron chi connectivity index (χ3n) is 3.17. The van der Waals surface area contributed by atoms with Gasteiger partial charge in [0.15, 0.2) is 0 Å². The molecule has 0 aliphatic rings. The molecule has 0 radical (unpaired) electrons. The Kier molecular flexibility index (Phi) is 3.83. The number of aromatic nitrogens is 1. The van der Waals surface area contributed by atoms with Crippen LogP contribution in [0.4, 0.5) is 5.69 Å². The van der Waals surface area contributed by atoms with Crippen LogP contribution in [-0.4, -0.2) is 4.98 Å². The highest BCUT2D eigenvalue weighted by Crippen LogP contribution is 2.36. The summed E-state index contributed by atoms with van der Waals surface area (Å²) in [6, 6.07) is 12.0. The van der Waals surface area contributed by atoms with Crippen LogP contribution in [0, 0.1) is 11.8 Å². The average Bonchev–Trinajstić information content (AvgIpc) is 2.79. The molecular weight excluding hydrogens is 300 g/mol. The fourth-order valence-electron chi connectivity index (χ4n) is 2.26. The minimum atomic E-state index is 0.406. The van der Waals surface area contributed by atoms with Gasteiger partial charge in [-0.2, -0.15) is 0 Å². The van der Waals surface area contributed by atoms with E-state index in [9.17, 15) is 0 Å². The maximum Gasteiger partial charge on any atom is 0.131 e. The Labute approximate surface area is 132 Å². The molecule has 0 amide bonds. The topological polar surface area (TPSA) is 38.9 Å². The van der Waals surface area contributed by atoms with Crippen LogP contribution >= 0.6 is 22.9 Å². The van der Waals surface area contributed by atoms with E-state index in [2.05, 4.69) is 29.0 Å². The van der Waals surface area contributed by atoms with Crippen molar-refractivity contribution in [1.82, 2.24) is 4.98 Å². The number of anilines is 1. The summed E-state index contributed by atoms with van der Waals surface area (Å²) >= 11 is 7.68. The molecule has 0 unspecified atom stereocenters. The number of hydrogen-bond acceptors (Lipinski definition) is 3. The molecule has 21 heavy (non-hydrogen) atoms. The lowest BCUT2D eigenvalue weighted by molar-refractivity contribution is 1.23. The van der Waals surface area contributed by atoms with Crippen molar-refractivity contribution >= 4 is 38.8 Å². The third kappa shape index (κ3) is 2.73. The van der Waals surface area contributed by atoms with Crippen molar-refractivity contribution in [3.63, 3.8) is 0 Å². The van der Waals surface area contributed by atoms with Gasteiger partial charge in [0.2, 0.25) is 0 Å². The standard InChI is InChI=1S/C17H13ClN2S/c1-2-6-12-14(9-11-7-4-3-5-8-11)21-17-13(19)10-15(18)20-16(12)17/h3-5,7-8,10H,9H2,1H3,(H2,19,20). The van der Waals surface area contributed by atoms with Gasteiger partial charge >= 0.3 is 0 Å². The lowest BCUT2D eigenvalue weighted by atomic mass is 10.1.